The molecule has 0 fully saturated rings. The normalized spacial score (nSPS) is 11.4. The van der Waals surface area contributed by atoms with Gasteiger partial charge in [0.1, 0.15) is 12.1 Å². The van der Waals surface area contributed by atoms with E-state index in [9.17, 15) is 0 Å². The van der Waals surface area contributed by atoms with Gasteiger partial charge in [-0.05, 0) is 25.7 Å². The third-order valence-electron chi connectivity index (χ3n) is 3.01. The zero-order valence-electron chi connectivity index (χ0n) is 11.5. The molecule has 1 aromatic rings. The number of nitrogens with one attached hydrogen (secondary N) is 1. The minimum atomic E-state index is 0.267. The van der Waals surface area contributed by atoms with E-state index in [1.165, 1.54) is 0 Å². The van der Waals surface area contributed by atoms with Crippen molar-refractivity contribution in [2.75, 3.05) is 18.5 Å². The summed E-state index contributed by atoms with van der Waals surface area (Å²) in [7, 11) is 0. The SMILES string of the molecule is CCOc1ncnc(NCC(C)(C)CC)c1C. The van der Waals surface area contributed by atoms with Crippen molar-refractivity contribution in [1.82, 2.24) is 9.97 Å². The molecular weight excluding hydrogens is 214 g/mol. The smallest absolute Gasteiger partial charge is 0.221 e. The number of anilines is 1. The summed E-state index contributed by atoms with van der Waals surface area (Å²) in [5, 5.41) is 3.37. The summed E-state index contributed by atoms with van der Waals surface area (Å²) >= 11 is 0. The highest BCUT2D eigenvalue weighted by atomic mass is 16.5. The summed E-state index contributed by atoms with van der Waals surface area (Å²) in [5.41, 5.74) is 1.24. The molecule has 0 radical (unpaired) electrons. The molecule has 0 aliphatic heterocycles. The van der Waals surface area contributed by atoms with Gasteiger partial charge in [-0.3, -0.25) is 0 Å². The van der Waals surface area contributed by atoms with Gasteiger partial charge in [-0.15, -0.1) is 0 Å². The first-order valence-electron chi connectivity index (χ1n) is 6.18. The van der Waals surface area contributed by atoms with Crippen LogP contribution in [0.4, 0.5) is 5.82 Å². The van der Waals surface area contributed by atoms with Crippen molar-refractivity contribution < 1.29 is 4.74 Å². The fourth-order valence-corrected chi connectivity index (χ4v) is 1.34. The first kappa shape index (κ1) is 13.7. The van der Waals surface area contributed by atoms with Crippen molar-refractivity contribution in [1.29, 1.82) is 0 Å². The van der Waals surface area contributed by atoms with Crippen LogP contribution in [0.2, 0.25) is 0 Å². The summed E-state index contributed by atoms with van der Waals surface area (Å²) in [4.78, 5) is 8.38. The van der Waals surface area contributed by atoms with E-state index in [-0.39, 0.29) is 5.41 Å². The lowest BCUT2D eigenvalue weighted by Crippen LogP contribution is -2.23. The highest BCUT2D eigenvalue weighted by molar-refractivity contribution is 5.47. The third kappa shape index (κ3) is 3.88. The van der Waals surface area contributed by atoms with Crippen LogP contribution in [0.3, 0.4) is 0 Å². The maximum atomic E-state index is 5.44. The Balaban J connectivity index is 2.75. The Labute approximate surface area is 104 Å². The van der Waals surface area contributed by atoms with Crippen molar-refractivity contribution in [2.45, 2.75) is 41.0 Å². The summed E-state index contributed by atoms with van der Waals surface area (Å²) < 4.78 is 5.44. The molecule has 0 aromatic carbocycles. The van der Waals surface area contributed by atoms with Gasteiger partial charge >= 0.3 is 0 Å². The Kier molecular flexibility index (Phi) is 4.73. The average molecular weight is 237 g/mol. The van der Waals surface area contributed by atoms with Gasteiger partial charge in [-0.1, -0.05) is 20.8 Å². The molecule has 4 heteroatoms. The van der Waals surface area contributed by atoms with Gasteiger partial charge < -0.3 is 10.1 Å². The van der Waals surface area contributed by atoms with Crippen molar-refractivity contribution in [3.8, 4) is 5.88 Å². The van der Waals surface area contributed by atoms with Crippen LogP contribution in [0.25, 0.3) is 0 Å². The average Bonchev–Trinajstić information content (AvgIpc) is 2.31. The molecule has 1 rings (SSSR count). The van der Waals surface area contributed by atoms with Crippen LogP contribution < -0.4 is 10.1 Å². The highest BCUT2D eigenvalue weighted by Crippen LogP contribution is 2.24. The summed E-state index contributed by atoms with van der Waals surface area (Å²) in [5.74, 6) is 1.53. The van der Waals surface area contributed by atoms with Crippen LogP contribution in [0.1, 0.15) is 39.7 Å². The van der Waals surface area contributed by atoms with Gasteiger partial charge in [0.05, 0.1) is 12.2 Å². The maximum Gasteiger partial charge on any atom is 0.221 e. The van der Waals surface area contributed by atoms with Crippen molar-refractivity contribution in [3.05, 3.63) is 11.9 Å². The first-order valence-corrected chi connectivity index (χ1v) is 6.18. The molecule has 0 spiro atoms. The lowest BCUT2D eigenvalue weighted by molar-refractivity contribution is 0.323. The zero-order valence-corrected chi connectivity index (χ0v) is 11.5. The molecule has 4 nitrogen and oxygen atoms in total. The number of ether oxygens (including phenoxy) is 1. The lowest BCUT2D eigenvalue weighted by atomic mass is 9.90. The highest BCUT2D eigenvalue weighted by Gasteiger charge is 2.16. The van der Waals surface area contributed by atoms with E-state index < -0.39 is 0 Å². The predicted octanol–water partition coefficient (Wildman–Crippen LogP) is 3.03. The predicted molar refractivity (Wildman–Crippen MR) is 70.5 cm³/mol. The van der Waals surface area contributed by atoms with Crippen molar-refractivity contribution in [2.24, 2.45) is 5.41 Å². The minimum absolute atomic E-state index is 0.267. The van der Waals surface area contributed by atoms with E-state index in [0.29, 0.717) is 12.5 Å². The second-order valence-corrected chi connectivity index (χ2v) is 4.96. The lowest BCUT2D eigenvalue weighted by Gasteiger charge is -2.23. The van der Waals surface area contributed by atoms with Crippen molar-refractivity contribution >= 4 is 5.82 Å². The van der Waals surface area contributed by atoms with Crippen molar-refractivity contribution in [3.63, 3.8) is 0 Å². The molecule has 0 saturated heterocycles. The summed E-state index contributed by atoms with van der Waals surface area (Å²) in [6.45, 7) is 12.1. The van der Waals surface area contributed by atoms with Crippen LogP contribution in [-0.4, -0.2) is 23.1 Å². The molecule has 0 aliphatic carbocycles. The molecule has 1 N–H and O–H groups in total. The Bertz CT molecular complexity index is 364. The fraction of sp³-hybridized carbons (Fsp3) is 0.692. The second kappa shape index (κ2) is 5.84. The standard InChI is InChI=1S/C13H23N3O/c1-6-13(4,5)8-14-11-10(3)12(17-7-2)16-9-15-11/h9H,6-8H2,1-5H3,(H,14,15,16). The Morgan fingerprint density at radius 2 is 2.00 bits per heavy atom. The van der Waals surface area contributed by atoms with Gasteiger partial charge in [-0.25, -0.2) is 9.97 Å². The molecule has 0 aliphatic rings. The van der Waals surface area contributed by atoms with Crippen LogP contribution in [0, 0.1) is 12.3 Å². The Hall–Kier alpha value is -1.32. The van der Waals surface area contributed by atoms with Crippen LogP contribution in [-0.2, 0) is 0 Å². The van der Waals surface area contributed by atoms with Gasteiger partial charge in [0.2, 0.25) is 5.88 Å². The van der Waals surface area contributed by atoms with E-state index in [4.69, 9.17) is 4.74 Å². The molecule has 0 saturated carbocycles. The Morgan fingerprint density at radius 3 is 2.59 bits per heavy atom. The van der Waals surface area contributed by atoms with Gasteiger partial charge in [0, 0.05) is 6.54 Å². The topological polar surface area (TPSA) is 47.0 Å². The van der Waals surface area contributed by atoms with E-state index in [2.05, 4.69) is 36.1 Å². The molecule has 1 heterocycles. The largest absolute Gasteiger partial charge is 0.478 e. The number of aromatic nitrogens is 2. The monoisotopic (exact) mass is 237 g/mol. The van der Waals surface area contributed by atoms with Crippen LogP contribution in [0.15, 0.2) is 6.33 Å². The van der Waals surface area contributed by atoms with Crippen LogP contribution in [0.5, 0.6) is 5.88 Å². The van der Waals surface area contributed by atoms with Crippen LogP contribution >= 0.6 is 0 Å². The number of rotatable bonds is 6. The minimum Gasteiger partial charge on any atom is -0.478 e. The first-order chi connectivity index (χ1) is 8.00. The second-order valence-electron chi connectivity index (χ2n) is 4.96. The third-order valence-corrected chi connectivity index (χ3v) is 3.01. The van der Waals surface area contributed by atoms with Gasteiger partial charge in [-0.2, -0.15) is 0 Å². The zero-order chi connectivity index (χ0) is 12.9. The fourth-order valence-electron chi connectivity index (χ4n) is 1.34. The Morgan fingerprint density at radius 1 is 1.29 bits per heavy atom. The number of nitrogens with zero attached hydrogens (tertiary/aromatic N) is 2. The van der Waals surface area contributed by atoms with E-state index >= 15 is 0 Å². The molecule has 0 bridgehead atoms. The summed E-state index contributed by atoms with van der Waals surface area (Å²) in [6, 6.07) is 0. The van der Waals surface area contributed by atoms with E-state index in [1.807, 2.05) is 13.8 Å². The van der Waals surface area contributed by atoms with Gasteiger partial charge in [0.15, 0.2) is 0 Å². The molecule has 0 amide bonds. The molecule has 0 unspecified atom stereocenters. The number of hydrogen-bond acceptors (Lipinski definition) is 4. The molecule has 0 atom stereocenters. The molecule has 96 valence electrons. The maximum absolute atomic E-state index is 5.44. The van der Waals surface area contributed by atoms with E-state index in [0.717, 1.165) is 24.3 Å². The summed E-state index contributed by atoms with van der Waals surface area (Å²) in [6.07, 6.45) is 2.67. The number of hydrogen-bond donors (Lipinski definition) is 1. The quantitative estimate of drug-likeness (QED) is 0.826. The molecular formula is C13H23N3O. The molecule has 17 heavy (non-hydrogen) atoms. The molecule has 1 aromatic heterocycles. The van der Waals surface area contributed by atoms with Gasteiger partial charge in [0.25, 0.3) is 0 Å². The van der Waals surface area contributed by atoms with E-state index in [1.54, 1.807) is 6.33 Å².